The van der Waals surface area contributed by atoms with Crippen molar-refractivity contribution in [1.29, 1.82) is 0 Å². The molecular weight excluding hydrogens is 396 g/mol. The zero-order valence-corrected chi connectivity index (χ0v) is 17.7. The van der Waals surface area contributed by atoms with Crippen LogP contribution in [-0.2, 0) is 6.54 Å². The van der Waals surface area contributed by atoms with E-state index in [-0.39, 0.29) is 17.9 Å². The Kier molecular flexibility index (Phi) is 5.00. The van der Waals surface area contributed by atoms with Crippen molar-refractivity contribution in [1.82, 2.24) is 14.5 Å². The van der Waals surface area contributed by atoms with E-state index in [1.807, 2.05) is 24.5 Å². The molecule has 0 radical (unpaired) electrons. The van der Waals surface area contributed by atoms with E-state index in [1.165, 1.54) is 5.56 Å². The average molecular weight is 421 g/mol. The summed E-state index contributed by atoms with van der Waals surface area (Å²) in [4.78, 5) is 20.8. The molecule has 2 atom stereocenters. The molecule has 7 heteroatoms. The first-order valence-corrected chi connectivity index (χ1v) is 11.2. The molecule has 1 aliphatic carbocycles. The summed E-state index contributed by atoms with van der Waals surface area (Å²) >= 11 is 1.63. The van der Waals surface area contributed by atoms with E-state index in [1.54, 1.807) is 18.3 Å². The van der Waals surface area contributed by atoms with E-state index >= 15 is 0 Å². The van der Waals surface area contributed by atoms with E-state index in [0.717, 1.165) is 52.1 Å². The lowest BCUT2D eigenvalue weighted by Crippen LogP contribution is -2.36. The number of thiazole rings is 1. The maximum Gasteiger partial charge on any atom is 0.184 e. The van der Waals surface area contributed by atoms with Gasteiger partial charge in [-0.05, 0) is 55.7 Å². The molecule has 0 aliphatic heterocycles. The number of Topliss-reactive ketones (excluding diaryl/α,β-unsaturated/α-hetero) is 1. The molecule has 0 amide bonds. The first kappa shape index (κ1) is 19.2. The van der Waals surface area contributed by atoms with Crippen LogP contribution >= 0.6 is 11.3 Å². The van der Waals surface area contributed by atoms with Crippen LogP contribution in [0.25, 0.3) is 21.3 Å². The van der Waals surface area contributed by atoms with Crippen LogP contribution in [0.2, 0.25) is 0 Å². The van der Waals surface area contributed by atoms with Gasteiger partial charge in [0, 0.05) is 12.1 Å². The van der Waals surface area contributed by atoms with Gasteiger partial charge in [0.2, 0.25) is 0 Å². The highest BCUT2D eigenvalue weighted by Gasteiger charge is 2.23. The van der Waals surface area contributed by atoms with Crippen molar-refractivity contribution in [2.45, 2.75) is 51.3 Å². The summed E-state index contributed by atoms with van der Waals surface area (Å²) < 4.78 is 3.22. The second-order valence-electron chi connectivity index (χ2n) is 8.06. The van der Waals surface area contributed by atoms with Crippen molar-refractivity contribution in [2.75, 3.05) is 5.32 Å². The summed E-state index contributed by atoms with van der Waals surface area (Å²) in [5.41, 5.74) is 4.67. The number of nitrogens with one attached hydrogen (secondary N) is 1. The standard InChI is InChI=1S/C23H24N4O2S/c1-14(28)16-7-9-20-19(11-16)24-13-27(20)12-15-6-8-18-22(10-15)30-23(26-18)25-17-4-2-3-5-21(17)29/h6-11,13,17,21,29H,2-5,12H2,1H3,(H,25,26)/t17?,21-/m1/s1. The summed E-state index contributed by atoms with van der Waals surface area (Å²) in [5.74, 6) is 0.0484. The molecule has 0 bridgehead atoms. The zero-order chi connectivity index (χ0) is 20.7. The van der Waals surface area contributed by atoms with Gasteiger partial charge in [0.25, 0.3) is 0 Å². The van der Waals surface area contributed by atoms with Gasteiger partial charge in [-0.2, -0.15) is 0 Å². The average Bonchev–Trinajstić information content (AvgIpc) is 3.32. The topological polar surface area (TPSA) is 80.0 Å². The Hall–Kier alpha value is -2.77. The SMILES string of the molecule is CC(=O)c1ccc2c(c1)ncn2Cc1ccc2nc(NC3CCCC[C@H]3O)sc2c1. The molecular formula is C23H24N4O2S. The predicted molar refractivity (Wildman–Crippen MR) is 120 cm³/mol. The molecule has 4 aromatic rings. The number of fused-ring (bicyclic) bond motifs is 2. The van der Waals surface area contributed by atoms with Crippen molar-refractivity contribution < 1.29 is 9.90 Å². The number of aromatic nitrogens is 3. The molecule has 30 heavy (non-hydrogen) atoms. The molecule has 0 saturated heterocycles. The zero-order valence-electron chi connectivity index (χ0n) is 16.8. The minimum absolute atomic E-state index is 0.0484. The van der Waals surface area contributed by atoms with Crippen molar-refractivity contribution >= 4 is 43.5 Å². The second-order valence-corrected chi connectivity index (χ2v) is 9.09. The molecule has 2 heterocycles. The quantitative estimate of drug-likeness (QED) is 0.461. The Morgan fingerprint density at radius 1 is 1.20 bits per heavy atom. The van der Waals surface area contributed by atoms with Gasteiger partial charge in [-0.3, -0.25) is 4.79 Å². The van der Waals surface area contributed by atoms with Gasteiger partial charge in [-0.1, -0.05) is 30.2 Å². The van der Waals surface area contributed by atoms with Crippen molar-refractivity contribution in [2.24, 2.45) is 0 Å². The molecule has 5 rings (SSSR count). The maximum atomic E-state index is 11.6. The number of imidazole rings is 1. The third-order valence-corrected chi connectivity index (χ3v) is 6.82. The number of nitrogens with zero attached hydrogens (tertiary/aromatic N) is 3. The Bertz CT molecular complexity index is 1230. The number of aliphatic hydroxyl groups excluding tert-OH is 1. The van der Waals surface area contributed by atoms with Crippen LogP contribution in [0, 0.1) is 0 Å². The molecule has 154 valence electrons. The van der Waals surface area contributed by atoms with Gasteiger partial charge >= 0.3 is 0 Å². The monoisotopic (exact) mass is 420 g/mol. The Morgan fingerprint density at radius 3 is 2.90 bits per heavy atom. The Balaban J connectivity index is 1.37. The van der Waals surface area contributed by atoms with Crippen LogP contribution in [0.1, 0.15) is 48.5 Å². The number of benzene rings is 2. The second kappa shape index (κ2) is 7.81. The lowest BCUT2D eigenvalue weighted by molar-refractivity contribution is 0.101. The molecule has 6 nitrogen and oxygen atoms in total. The van der Waals surface area contributed by atoms with Gasteiger partial charge in [0.1, 0.15) is 0 Å². The fraction of sp³-hybridized carbons (Fsp3) is 0.348. The molecule has 1 saturated carbocycles. The van der Waals surface area contributed by atoms with E-state index in [2.05, 4.69) is 33.1 Å². The molecule has 0 spiro atoms. The maximum absolute atomic E-state index is 11.6. The number of carbonyl (C=O) groups excluding carboxylic acids is 1. The van der Waals surface area contributed by atoms with Gasteiger partial charge in [-0.15, -0.1) is 0 Å². The van der Waals surface area contributed by atoms with Crippen LogP contribution in [0.15, 0.2) is 42.7 Å². The highest BCUT2D eigenvalue weighted by Crippen LogP contribution is 2.30. The van der Waals surface area contributed by atoms with E-state index in [4.69, 9.17) is 4.98 Å². The van der Waals surface area contributed by atoms with Gasteiger partial charge in [-0.25, -0.2) is 9.97 Å². The van der Waals surface area contributed by atoms with E-state index < -0.39 is 0 Å². The van der Waals surface area contributed by atoms with Crippen molar-refractivity contribution in [3.8, 4) is 0 Å². The first-order chi connectivity index (χ1) is 14.6. The summed E-state index contributed by atoms with van der Waals surface area (Å²) in [6.07, 6.45) is 5.63. The number of hydrogen-bond acceptors (Lipinski definition) is 6. The smallest absolute Gasteiger partial charge is 0.184 e. The number of rotatable bonds is 5. The molecule has 1 aliphatic rings. The summed E-state index contributed by atoms with van der Waals surface area (Å²) in [5, 5.41) is 14.5. The molecule has 1 unspecified atom stereocenters. The Morgan fingerprint density at radius 2 is 2.07 bits per heavy atom. The normalized spacial score (nSPS) is 19.4. The first-order valence-electron chi connectivity index (χ1n) is 10.4. The predicted octanol–water partition coefficient (Wildman–Crippen LogP) is 4.61. The lowest BCUT2D eigenvalue weighted by atomic mass is 9.93. The van der Waals surface area contributed by atoms with Crippen LogP contribution in [0.4, 0.5) is 5.13 Å². The highest BCUT2D eigenvalue weighted by atomic mass is 32.1. The summed E-state index contributed by atoms with van der Waals surface area (Å²) in [6.45, 7) is 2.27. The fourth-order valence-corrected chi connectivity index (χ4v) is 5.16. The number of anilines is 1. The van der Waals surface area contributed by atoms with E-state index in [9.17, 15) is 9.90 Å². The molecule has 2 N–H and O–H groups in total. The van der Waals surface area contributed by atoms with Crippen molar-refractivity contribution in [3.63, 3.8) is 0 Å². The van der Waals surface area contributed by atoms with Crippen LogP contribution < -0.4 is 5.32 Å². The van der Waals surface area contributed by atoms with Gasteiger partial charge in [0.05, 0.1) is 39.7 Å². The number of ketones is 1. The third kappa shape index (κ3) is 3.70. The molecule has 2 aromatic carbocycles. The largest absolute Gasteiger partial charge is 0.391 e. The van der Waals surface area contributed by atoms with E-state index in [0.29, 0.717) is 12.1 Å². The lowest BCUT2D eigenvalue weighted by Gasteiger charge is -2.27. The van der Waals surface area contributed by atoms with Crippen LogP contribution in [-0.4, -0.2) is 37.6 Å². The van der Waals surface area contributed by atoms with Crippen LogP contribution in [0.3, 0.4) is 0 Å². The van der Waals surface area contributed by atoms with Crippen LogP contribution in [0.5, 0.6) is 0 Å². The molecule has 1 fully saturated rings. The minimum Gasteiger partial charge on any atom is -0.391 e. The highest BCUT2D eigenvalue weighted by molar-refractivity contribution is 7.22. The number of aliphatic hydroxyl groups is 1. The summed E-state index contributed by atoms with van der Waals surface area (Å²) in [6, 6.07) is 12.1. The van der Waals surface area contributed by atoms with Crippen molar-refractivity contribution in [3.05, 3.63) is 53.9 Å². The number of carbonyl (C=O) groups is 1. The Labute approximate surface area is 178 Å². The molecule has 2 aromatic heterocycles. The third-order valence-electron chi connectivity index (χ3n) is 5.87. The van der Waals surface area contributed by atoms with Gasteiger partial charge < -0.3 is 15.0 Å². The number of hydrogen-bond donors (Lipinski definition) is 2. The minimum atomic E-state index is -0.292. The fourth-order valence-electron chi connectivity index (χ4n) is 4.17. The summed E-state index contributed by atoms with van der Waals surface area (Å²) in [7, 11) is 0. The van der Waals surface area contributed by atoms with Gasteiger partial charge in [0.15, 0.2) is 10.9 Å².